The molecule has 0 unspecified atom stereocenters. The highest BCUT2D eigenvalue weighted by atomic mass is 35.5. The number of piperidine rings is 1. The Morgan fingerprint density at radius 3 is 3.05 bits per heavy atom. The van der Waals surface area contributed by atoms with Crippen LogP contribution in [0.1, 0.15) is 12.8 Å². The zero-order valence-electron chi connectivity index (χ0n) is 11.3. The molecule has 0 radical (unpaired) electrons. The Morgan fingerprint density at radius 1 is 1.38 bits per heavy atom. The Labute approximate surface area is 127 Å². The molecule has 110 valence electrons. The van der Waals surface area contributed by atoms with E-state index in [1.54, 1.807) is 6.07 Å². The van der Waals surface area contributed by atoms with Crippen LogP contribution < -0.4 is 4.90 Å². The molecule has 0 bridgehead atoms. The first-order chi connectivity index (χ1) is 10.1. The summed E-state index contributed by atoms with van der Waals surface area (Å²) in [4.78, 5) is 9.67. The Kier molecular flexibility index (Phi) is 4.03. The number of rotatable bonds is 2. The number of hydrogen-bond acceptors (Lipinski definition) is 4. The summed E-state index contributed by atoms with van der Waals surface area (Å²) in [6, 6.07) is 7.44. The Hall–Kier alpha value is -1.72. The van der Waals surface area contributed by atoms with Crippen LogP contribution >= 0.6 is 11.6 Å². The van der Waals surface area contributed by atoms with Crippen LogP contribution in [0.3, 0.4) is 0 Å². The van der Waals surface area contributed by atoms with Gasteiger partial charge in [-0.05, 0) is 36.6 Å². The van der Waals surface area contributed by atoms with Crippen molar-refractivity contribution in [3.8, 4) is 11.3 Å². The molecule has 1 aromatic heterocycles. The number of aliphatic hydroxyl groups excluding tert-OH is 1. The molecular formula is C15H15ClFN3O. The third kappa shape index (κ3) is 3.14. The summed E-state index contributed by atoms with van der Waals surface area (Å²) in [6.45, 7) is 1.48. The molecule has 4 nitrogen and oxygen atoms in total. The SMILES string of the molecule is O[C@@H]1CCCN(c2cccc(-c3nc(Cl)ncc3F)c2)C1. The highest BCUT2D eigenvalue weighted by molar-refractivity contribution is 6.28. The molecule has 1 saturated heterocycles. The second kappa shape index (κ2) is 5.95. The fourth-order valence-corrected chi connectivity index (χ4v) is 2.72. The topological polar surface area (TPSA) is 49.2 Å². The van der Waals surface area contributed by atoms with Crippen LogP contribution in [-0.2, 0) is 0 Å². The lowest BCUT2D eigenvalue weighted by Gasteiger charge is -2.32. The molecule has 1 atom stereocenters. The van der Waals surface area contributed by atoms with Gasteiger partial charge in [0.05, 0.1) is 12.3 Å². The molecule has 21 heavy (non-hydrogen) atoms. The van der Waals surface area contributed by atoms with Crippen molar-refractivity contribution >= 4 is 17.3 Å². The normalized spacial score (nSPS) is 18.8. The zero-order valence-corrected chi connectivity index (χ0v) is 12.1. The lowest BCUT2D eigenvalue weighted by molar-refractivity contribution is 0.154. The Bertz CT molecular complexity index is 653. The molecule has 1 aromatic carbocycles. The first-order valence-electron chi connectivity index (χ1n) is 6.85. The maximum Gasteiger partial charge on any atom is 0.223 e. The van der Waals surface area contributed by atoms with E-state index in [1.165, 1.54) is 0 Å². The van der Waals surface area contributed by atoms with Crippen LogP contribution in [0.15, 0.2) is 30.5 Å². The largest absolute Gasteiger partial charge is 0.391 e. The average Bonchev–Trinajstić information content (AvgIpc) is 2.50. The minimum absolute atomic E-state index is 0.0187. The van der Waals surface area contributed by atoms with E-state index in [2.05, 4.69) is 14.9 Å². The number of anilines is 1. The second-order valence-corrected chi connectivity index (χ2v) is 5.47. The summed E-state index contributed by atoms with van der Waals surface area (Å²) < 4.78 is 13.9. The van der Waals surface area contributed by atoms with E-state index in [0.29, 0.717) is 12.1 Å². The number of benzene rings is 1. The predicted molar refractivity (Wildman–Crippen MR) is 79.9 cm³/mol. The van der Waals surface area contributed by atoms with Crippen LogP contribution in [0.25, 0.3) is 11.3 Å². The van der Waals surface area contributed by atoms with Crippen LogP contribution in [-0.4, -0.2) is 34.3 Å². The van der Waals surface area contributed by atoms with Gasteiger partial charge < -0.3 is 10.0 Å². The van der Waals surface area contributed by atoms with Gasteiger partial charge in [-0.1, -0.05) is 12.1 Å². The monoisotopic (exact) mass is 307 g/mol. The average molecular weight is 308 g/mol. The lowest BCUT2D eigenvalue weighted by atomic mass is 10.1. The van der Waals surface area contributed by atoms with E-state index in [-0.39, 0.29) is 17.1 Å². The fraction of sp³-hybridized carbons (Fsp3) is 0.333. The van der Waals surface area contributed by atoms with Crippen LogP contribution in [0.5, 0.6) is 0 Å². The number of halogens is 2. The highest BCUT2D eigenvalue weighted by Crippen LogP contribution is 2.27. The molecule has 0 aliphatic carbocycles. The molecular weight excluding hydrogens is 293 g/mol. The third-order valence-electron chi connectivity index (χ3n) is 3.60. The Balaban J connectivity index is 1.94. The summed E-state index contributed by atoms with van der Waals surface area (Å²) >= 11 is 5.74. The highest BCUT2D eigenvalue weighted by Gasteiger charge is 2.18. The van der Waals surface area contributed by atoms with Gasteiger partial charge in [-0.2, -0.15) is 0 Å². The molecule has 2 heterocycles. The minimum atomic E-state index is -0.504. The second-order valence-electron chi connectivity index (χ2n) is 5.13. The smallest absolute Gasteiger partial charge is 0.223 e. The number of hydrogen-bond donors (Lipinski definition) is 1. The van der Waals surface area contributed by atoms with Gasteiger partial charge in [-0.3, -0.25) is 0 Å². The Morgan fingerprint density at radius 2 is 2.24 bits per heavy atom. The van der Waals surface area contributed by atoms with E-state index >= 15 is 0 Å². The summed E-state index contributed by atoms with van der Waals surface area (Å²) in [5.74, 6) is -0.504. The van der Waals surface area contributed by atoms with Gasteiger partial charge in [0.1, 0.15) is 5.69 Å². The van der Waals surface area contributed by atoms with Gasteiger partial charge in [0, 0.05) is 24.3 Å². The molecule has 0 saturated carbocycles. The van der Waals surface area contributed by atoms with Crippen molar-refractivity contribution in [2.45, 2.75) is 18.9 Å². The molecule has 0 amide bonds. The number of nitrogens with zero attached hydrogens (tertiary/aromatic N) is 3. The molecule has 0 spiro atoms. The van der Waals surface area contributed by atoms with Crippen LogP contribution in [0.2, 0.25) is 5.28 Å². The number of aromatic nitrogens is 2. The molecule has 1 aliphatic heterocycles. The minimum Gasteiger partial charge on any atom is -0.391 e. The summed E-state index contributed by atoms with van der Waals surface area (Å²) in [6.07, 6.45) is 2.53. The van der Waals surface area contributed by atoms with Crippen LogP contribution in [0, 0.1) is 5.82 Å². The van der Waals surface area contributed by atoms with Crippen molar-refractivity contribution < 1.29 is 9.50 Å². The van der Waals surface area contributed by atoms with Gasteiger partial charge in [-0.25, -0.2) is 14.4 Å². The van der Waals surface area contributed by atoms with Gasteiger partial charge in [-0.15, -0.1) is 0 Å². The van der Waals surface area contributed by atoms with Crippen molar-refractivity contribution in [3.05, 3.63) is 41.6 Å². The van der Waals surface area contributed by atoms with E-state index in [4.69, 9.17) is 11.6 Å². The van der Waals surface area contributed by atoms with Crippen molar-refractivity contribution in [2.24, 2.45) is 0 Å². The molecule has 3 rings (SSSR count). The summed E-state index contributed by atoms with van der Waals surface area (Å²) in [5.41, 5.74) is 1.78. The van der Waals surface area contributed by atoms with E-state index in [9.17, 15) is 9.50 Å². The number of β-amino-alcohol motifs (C(OH)–C–C–N with tert-alkyl or cyclic N) is 1. The molecule has 6 heteroatoms. The summed E-state index contributed by atoms with van der Waals surface area (Å²) in [7, 11) is 0. The first kappa shape index (κ1) is 14.2. The molecule has 1 fully saturated rings. The predicted octanol–water partition coefficient (Wildman–Crippen LogP) is 2.90. The number of aliphatic hydroxyl groups is 1. The van der Waals surface area contributed by atoms with E-state index in [1.807, 2.05) is 18.2 Å². The van der Waals surface area contributed by atoms with Crippen molar-refractivity contribution in [1.29, 1.82) is 0 Å². The molecule has 1 N–H and O–H groups in total. The fourth-order valence-electron chi connectivity index (χ4n) is 2.59. The van der Waals surface area contributed by atoms with Gasteiger partial charge >= 0.3 is 0 Å². The quantitative estimate of drug-likeness (QED) is 0.867. The van der Waals surface area contributed by atoms with E-state index < -0.39 is 5.82 Å². The third-order valence-corrected chi connectivity index (χ3v) is 3.78. The zero-order chi connectivity index (χ0) is 14.8. The first-order valence-corrected chi connectivity index (χ1v) is 7.23. The maximum absolute atomic E-state index is 13.9. The van der Waals surface area contributed by atoms with Crippen molar-refractivity contribution in [3.63, 3.8) is 0 Å². The summed E-state index contributed by atoms with van der Waals surface area (Å²) in [5, 5.41) is 9.79. The maximum atomic E-state index is 13.9. The van der Waals surface area contributed by atoms with Gasteiger partial charge in [0.2, 0.25) is 5.28 Å². The molecule has 2 aromatic rings. The van der Waals surface area contributed by atoms with Crippen LogP contribution in [0.4, 0.5) is 10.1 Å². The van der Waals surface area contributed by atoms with E-state index in [0.717, 1.165) is 31.3 Å². The molecule has 1 aliphatic rings. The van der Waals surface area contributed by atoms with Gasteiger partial charge in [0.25, 0.3) is 0 Å². The lowest BCUT2D eigenvalue weighted by Crippen LogP contribution is -2.38. The standard InChI is InChI=1S/C15H15ClFN3O/c16-15-18-8-13(17)14(19-15)10-3-1-4-11(7-10)20-6-2-5-12(21)9-20/h1,3-4,7-8,12,21H,2,5-6,9H2/t12-/m1/s1. The van der Waals surface area contributed by atoms with Gasteiger partial charge in [0.15, 0.2) is 5.82 Å². The van der Waals surface area contributed by atoms with Crippen molar-refractivity contribution in [1.82, 2.24) is 9.97 Å². The van der Waals surface area contributed by atoms with Crippen molar-refractivity contribution in [2.75, 3.05) is 18.0 Å².